The third kappa shape index (κ3) is 1.74. The summed E-state index contributed by atoms with van der Waals surface area (Å²) < 4.78 is 1.27. The smallest absolute Gasteiger partial charge is 0.260 e. The van der Waals surface area contributed by atoms with E-state index in [9.17, 15) is 4.79 Å². The Balaban J connectivity index is 2.00. The van der Waals surface area contributed by atoms with E-state index in [2.05, 4.69) is 15.0 Å². The Bertz CT molecular complexity index is 801. The summed E-state index contributed by atoms with van der Waals surface area (Å²) in [6.07, 6.45) is 3.96. The molecule has 3 aromatic heterocycles. The fourth-order valence-electron chi connectivity index (χ4n) is 2.41. The third-order valence-electron chi connectivity index (χ3n) is 3.28. The van der Waals surface area contributed by atoms with E-state index in [0.717, 1.165) is 34.5 Å². The van der Waals surface area contributed by atoms with Crippen molar-refractivity contribution >= 4 is 33.3 Å². The third-order valence-corrected chi connectivity index (χ3v) is 5.81. The highest BCUT2D eigenvalue weighted by Gasteiger charge is 2.20. The zero-order chi connectivity index (χ0) is 12.8. The molecule has 0 aromatic carbocycles. The lowest BCUT2D eigenvalue weighted by Crippen LogP contribution is -2.10. The normalized spacial score (nSPS) is 14.7. The molecule has 0 saturated carbocycles. The second-order valence-electron chi connectivity index (χ2n) is 4.50. The maximum atomic E-state index is 12.3. The molecule has 2 N–H and O–H groups in total. The van der Waals surface area contributed by atoms with Crippen molar-refractivity contribution in [3.05, 3.63) is 34.2 Å². The molecule has 3 aromatic rings. The Labute approximate surface area is 117 Å². The maximum absolute atomic E-state index is 12.3. The lowest BCUT2D eigenvalue weighted by atomic mass is 10.1. The molecule has 0 bridgehead atoms. The highest BCUT2D eigenvalue weighted by molar-refractivity contribution is 8.01. The molecule has 19 heavy (non-hydrogen) atoms. The van der Waals surface area contributed by atoms with Crippen LogP contribution in [0.2, 0.25) is 0 Å². The van der Waals surface area contributed by atoms with Crippen molar-refractivity contribution in [3.63, 3.8) is 0 Å². The molecule has 1 aliphatic heterocycles. The summed E-state index contributed by atoms with van der Waals surface area (Å²) in [6, 6.07) is 3.81. The van der Waals surface area contributed by atoms with Gasteiger partial charge in [-0.05, 0) is 36.3 Å². The highest BCUT2D eigenvalue weighted by atomic mass is 32.2. The Kier molecular flexibility index (Phi) is 2.53. The predicted molar refractivity (Wildman–Crippen MR) is 79.1 cm³/mol. The molecule has 4 nitrogen and oxygen atoms in total. The van der Waals surface area contributed by atoms with Crippen LogP contribution in [0.3, 0.4) is 0 Å². The van der Waals surface area contributed by atoms with Crippen molar-refractivity contribution in [1.29, 1.82) is 0 Å². The molecule has 4 rings (SSSR count). The molecule has 0 spiro atoms. The zero-order valence-corrected chi connectivity index (χ0v) is 11.7. The Morgan fingerprint density at radius 3 is 3.16 bits per heavy atom. The van der Waals surface area contributed by atoms with E-state index in [1.165, 1.54) is 9.77 Å². The number of thiophene rings is 1. The lowest BCUT2D eigenvalue weighted by Gasteiger charge is -2.09. The standard InChI is InChI=1S/C13H11N3OS2/c17-11-9-7-3-2-6-18-13(7)19-12(9)16-10(15-11)8-4-1-5-14-8/h1,4-5,14H,2-3,6H2,(H,15,16,17). The SMILES string of the molecule is O=c1[nH]c(-c2ccc[nH]2)nc2sc3c(c12)CCCS3. The van der Waals surface area contributed by atoms with Gasteiger partial charge in [-0.15, -0.1) is 23.1 Å². The van der Waals surface area contributed by atoms with Crippen LogP contribution in [0.1, 0.15) is 12.0 Å². The Hall–Kier alpha value is -1.53. The molecule has 0 atom stereocenters. The maximum Gasteiger partial charge on any atom is 0.260 e. The zero-order valence-electron chi connectivity index (χ0n) is 10.0. The number of H-pyrrole nitrogens is 2. The molecule has 0 fully saturated rings. The van der Waals surface area contributed by atoms with Gasteiger partial charge in [0.25, 0.3) is 5.56 Å². The molecule has 0 radical (unpaired) electrons. The average Bonchev–Trinajstić information content (AvgIpc) is 3.05. The van der Waals surface area contributed by atoms with Gasteiger partial charge in [0.2, 0.25) is 0 Å². The van der Waals surface area contributed by atoms with E-state index in [0.29, 0.717) is 5.82 Å². The number of hydrogen-bond acceptors (Lipinski definition) is 4. The molecule has 0 amide bonds. The minimum atomic E-state index is -0.0189. The fourth-order valence-corrected chi connectivity index (χ4v) is 4.94. The summed E-state index contributed by atoms with van der Waals surface area (Å²) in [4.78, 5) is 23.7. The van der Waals surface area contributed by atoms with Gasteiger partial charge in [-0.1, -0.05) is 0 Å². The van der Waals surface area contributed by atoms with Crippen LogP contribution in [0.25, 0.3) is 21.7 Å². The second-order valence-corrected chi connectivity index (χ2v) is 6.86. The second kappa shape index (κ2) is 4.25. The van der Waals surface area contributed by atoms with Gasteiger partial charge in [-0.25, -0.2) is 4.98 Å². The number of aryl methyl sites for hydroxylation is 1. The molecule has 96 valence electrons. The Morgan fingerprint density at radius 2 is 2.32 bits per heavy atom. The van der Waals surface area contributed by atoms with Crippen LogP contribution in [0, 0.1) is 0 Å². The monoisotopic (exact) mass is 289 g/mol. The summed E-state index contributed by atoms with van der Waals surface area (Å²) in [6.45, 7) is 0. The molecule has 0 unspecified atom stereocenters. The van der Waals surface area contributed by atoms with Crippen molar-refractivity contribution in [3.8, 4) is 11.5 Å². The van der Waals surface area contributed by atoms with Crippen molar-refractivity contribution in [1.82, 2.24) is 15.0 Å². The van der Waals surface area contributed by atoms with E-state index in [4.69, 9.17) is 0 Å². The van der Waals surface area contributed by atoms with Gasteiger partial charge >= 0.3 is 0 Å². The fraction of sp³-hybridized carbons (Fsp3) is 0.231. The molecule has 1 aliphatic rings. The van der Waals surface area contributed by atoms with Gasteiger partial charge in [0.15, 0.2) is 5.82 Å². The average molecular weight is 289 g/mol. The summed E-state index contributed by atoms with van der Waals surface area (Å²) in [7, 11) is 0. The largest absolute Gasteiger partial charge is 0.359 e. The van der Waals surface area contributed by atoms with Crippen LogP contribution in [0.15, 0.2) is 27.3 Å². The first kappa shape index (κ1) is 11.3. The molecule has 6 heteroatoms. The number of rotatable bonds is 1. The summed E-state index contributed by atoms with van der Waals surface area (Å²) >= 11 is 3.49. The van der Waals surface area contributed by atoms with E-state index < -0.39 is 0 Å². The minimum Gasteiger partial charge on any atom is -0.359 e. The van der Waals surface area contributed by atoms with E-state index in [1.807, 2.05) is 30.1 Å². The van der Waals surface area contributed by atoms with Gasteiger partial charge in [0.05, 0.1) is 15.3 Å². The summed E-state index contributed by atoms with van der Waals surface area (Å²) in [5.74, 6) is 1.76. The van der Waals surface area contributed by atoms with Crippen LogP contribution < -0.4 is 5.56 Å². The van der Waals surface area contributed by atoms with Gasteiger partial charge in [-0.2, -0.15) is 0 Å². The summed E-state index contributed by atoms with van der Waals surface area (Å²) in [5, 5.41) is 0.794. The van der Waals surface area contributed by atoms with Gasteiger partial charge in [0.1, 0.15) is 4.83 Å². The van der Waals surface area contributed by atoms with Gasteiger partial charge < -0.3 is 9.97 Å². The first-order valence-corrected chi connectivity index (χ1v) is 7.95. The highest BCUT2D eigenvalue weighted by Crippen LogP contribution is 2.40. The summed E-state index contributed by atoms with van der Waals surface area (Å²) in [5.41, 5.74) is 2.02. The number of nitrogens with zero attached hydrogens (tertiary/aromatic N) is 1. The van der Waals surface area contributed by atoms with Crippen molar-refractivity contribution < 1.29 is 0 Å². The lowest BCUT2D eigenvalue weighted by molar-refractivity contribution is 0.910. The van der Waals surface area contributed by atoms with E-state index >= 15 is 0 Å². The van der Waals surface area contributed by atoms with Crippen LogP contribution in [-0.4, -0.2) is 20.7 Å². The molecular formula is C13H11N3OS2. The van der Waals surface area contributed by atoms with Crippen LogP contribution in [0.4, 0.5) is 0 Å². The predicted octanol–water partition coefficient (Wildman–Crippen LogP) is 3.02. The van der Waals surface area contributed by atoms with Crippen molar-refractivity contribution in [2.24, 2.45) is 0 Å². The number of nitrogens with one attached hydrogen (secondary N) is 2. The topological polar surface area (TPSA) is 61.5 Å². The number of thioether (sulfide) groups is 1. The van der Waals surface area contributed by atoms with E-state index in [-0.39, 0.29) is 5.56 Å². The Morgan fingerprint density at radius 1 is 1.37 bits per heavy atom. The first-order valence-electron chi connectivity index (χ1n) is 6.15. The number of aromatic amines is 2. The molecule has 0 saturated heterocycles. The van der Waals surface area contributed by atoms with E-state index in [1.54, 1.807) is 11.3 Å². The van der Waals surface area contributed by atoms with Crippen LogP contribution in [0.5, 0.6) is 0 Å². The number of aromatic nitrogens is 3. The molecular weight excluding hydrogens is 278 g/mol. The first-order chi connectivity index (χ1) is 9.33. The van der Waals surface area contributed by atoms with Gasteiger partial charge in [-0.3, -0.25) is 4.79 Å². The molecule has 0 aliphatic carbocycles. The quantitative estimate of drug-likeness (QED) is 0.724. The minimum absolute atomic E-state index is 0.0189. The van der Waals surface area contributed by atoms with Crippen molar-refractivity contribution in [2.45, 2.75) is 17.1 Å². The van der Waals surface area contributed by atoms with Gasteiger partial charge in [0, 0.05) is 6.20 Å². The van der Waals surface area contributed by atoms with Crippen LogP contribution in [-0.2, 0) is 6.42 Å². The molecule has 4 heterocycles. The number of fused-ring (bicyclic) bond motifs is 3. The number of hydrogen-bond donors (Lipinski definition) is 2. The van der Waals surface area contributed by atoms with Crippen LogP contribution >= 0.6 is 23.1 Å². The van der Waals surface area contributed by atoms with Crippen molar-refractivity contribution in [2.75, 3.05) is 5.75 Å².